The molecule has 2 aliphatic rings. The molecule has 0 N–H and O–H groups in total. The minimum Gasteiger partial charge on any atom is -0.496 e. The molecule has 0 aromatic heterocycles. The van der Waals surface area contributed by atoms with Crippen molar-refractivity contribution in [3.05, 3.63) is 82.6 Å². The van der Waals surface area contributed by atoms with Crippen LogP contribution in [0.2, 0.25) is 0 Å². The minimum absolute atomic E-state index is 0.175. The molecule has 3 aromatic carbocycles. The van der Waals surface area contributed by atoms with Crippen LogP contribution in [-0.4, -0.2) is 45.3 Å². The number of aryl methyl sites for hydroxylation is 1. The predicted molar refractivity (Wildman–Crippen MR) is 136 cm³/mol. The largest absolute Gasteiger partial charge is 0.496 e. The zero-order valence-electron chi connectivity index (χ0n) is 20.7. The number of hydrogen-bond donors (Lipinski definition) is 0. The van der Waals surface area contributed by atoms with Gasteiger partial charge in [-0.1, -0.05) is 30.3 Å². The highest BCUT2D eigenvalue weighted by Gasteiger charge is 2.33. The number of Topliss-reactive ketones (excluding diaryl/α,β-unsaturated/α-hetero) is 1. The number of methoxy groups -OCH3 is 3. The lowest BCUT2D eigenvalue weighted by Gasteiger charge is -2.29. The summed E-state index contributed by atoms with van der Waals surface area (Å²) in [4.78, 5) is 15.5. The van der Waals surface area contributed by atoms with E-state index in [2.05, 4.69) is 29.2 Å². The Balaban J connectivity index is 1.36. The number of nitrogens with zero attached hydrogens (tertiary/aromatic N) is 1. The quantitative estimate of drug-likeness (QED) is 0.409. The smallest absolute Gasteiger partial charge is 0.231 e. The maximum atomic E-state index is 13.2. The number of hydrogen-bond acceptors (Lipinski definition) is 7. The molecule has 0 radical (unpaired) electrons. The Bertz CT molecular complexity index is 1300. The maximum absolute atomic E-state index is 13.2. The van der Waals surface area contributed by atoms with Crippen molar-refractivity contribution in [3.63, 3.8) is 0 Å². The van der Waals surface area contributed by atoms with Crippen molar-refractivity contribution in [3.8, 4) is 28.7 Å². The molecule has 2 aliphatic heterocycles. The molecule has 0 saturated carbocycles. The number of ketones is 1. The molecule has 0 spiro atoms. The SMILES string of the molecule is COc1cc(OC)c(OC)cc1/C=C1\Oc2c(ccc3c2CN(CCCc2ccccc2)CO3)C1=O. The third-order valence-electron chi connectivity index (χ3n) is 6.49. The first-order valence-electron chi connectivity index (χ1n) is 11.9. The van der Waals surface area contributed by atoms with Crippen LogP contribution in [0.4, 0.5) is 0 Å². The van der Waals surface area contributed by atoms with Gasteiger partial charge in [0.25, 0.3) is 0 Å². The lowest BCUT2D eigenvalue weighted by Crippen LogP contribution is -2.33. The Morgan fingerprint density at radius 3 is 2.44 bits per heavy atom. The minimum atomic E-state index is -0.175. The molecule has 0 atom stereocenters. The Morgan fingerprint density at radius 2 is 1.69 bits per heavy atom. The number of rotatable bonds is 8. The van der Waals surface area contributed by atoms with E-state index in [0.29, 0.717) is 47.4 Å². The van der Waals surface area contributed by atoms with Crippen molar-refractivity contribution in [1.29, 1.82) is 0 Å². The lowest BCUT2D eigenvalue weighted by atomic mass is 10.0. The molecule has 2 heterocycles. The summed E-state index contributed by atoms with van der Waals surface area (Å²) in [5, 5.41) is 0. The van der Waals surface area contributed by atoms with Crippen LogP contribution < -0.4 is 23.7 Å². The predicted octanol–water partition coefficient (Wildman–Crippen LogP) is 5.11. The molecule has 7 heteroatoms. The molecule has 0 bridgehead atoms. The lowest BCUT2D eigenvalue weighted by molar-refractivity contribution is 0.0928. The molecule has 5 rings (SSSR count). The van der Waals surface area contributed by atoms with E-state index in [-0.39, 0.29) is 11.5 Å². The van der Waals surface area contributed by atoms with Crippen LogP contribution in [0.3, 0.4) is 0 Å². The summed E-state index contributed by atoms with van der Waals surface area (Å²) in [6.07, 6.45) is 3.70. The Kier molecular flexibility index (Phi) is 6.82. The monoisotopic (exact) mass is 487 g/mol. The summed E-state index contributed by atoms with van der Waals surface area (Å²) in [6, 6.07) is 17.6. The number of allylic oxidation sites excluding steroid dienone is 1. The first-order valence-corrected chi connectivity index (χ1v) is 11.9. The number of carbonyl (C=O) groups is 1. The van der Waals surface area contributed by atoms with Crippen molar-refractivity contribution in [2.45, 2.75) is 19.4 Å². The first-order chi connectivity index (χ1) is 17.6. The van der Waals surface area contributed by atoms with Crippen molar-refractivity contribution >= 4 is 11.9 Å². The Hall–Kier alpha value is -3.97. The van der Waals surface area contributed by atoms with Crippen molar-refractivity contribution in [2.75, 3.05) is 34.6 Å². The van der Waals surface area contributed by atoms with E-state index in [9.17, 15) is 4.79 Å². The van der Waals surface area contributed by atoms with Crippen molar-refractivity contribution in [2.24, 2.45) is 0 Å². The van der Waals surface area contributed by atoms with Gasteiger partial charge in [0.05, 0.1) is 32.5 Å². The summed E-state index contributed by atoms with van der Waals surface area (Å²) < 4.78 is 28.4. The average Bonchev–Trinajstić information content (AvgIpc) is 3.24. The van der Waals surface area contributed by atoms with E-state index in [0.717, 1.165) is 30.7 Å². The van der Waals surface area contributed by atoms with Gasteiger partial charge in [-0.2, -0.15) is 0 Å². The topological polar surface area (TPSA) is 66.5 Å². The van der Waals surface area contributed by atoms with Crippen molar-refractivity contribution < 1.29 is 28.5 Å². The normalized spacial score (nSPS) is 15.6. The first kappa shape index (κ1) is 23.8. The van der Waals surface area contributed by atoms with E-state index in [1.165, 1.54) is 5.56 Å². The molecular weight excluding hydrogens is 458 g/mol. The van der Waals surface area contributed by atoms with E-state index < -0.39 is 0 Å². The van der Waals surface area contributed by atoms with Gasteiger partial charge in [0.15, 0.2) is 17.3 Å². The van der Waals surface area contributed by atoms with Gasteiger partial charge < -0.3 is 23.7 Å². The summed E-state index contributed by atoms with van der Waals surface area (Å²) in [5.41, 5.74) is 3.41. The fourth-order valence-corrected chi connectivity index (χ4v) is 4.61. The van der Waals surface area contributed by atoms with Crippen LogP contribution in [0.1, 0.15) is 33.5 Å². The molecule has 7 nitrogen and oxygen atoms in total. The average molecular weight is 488 g/mol. The van der Waals surface area contributed by atoms with Crippen LogP contribution in [-0.2, 0) is 13.0 Å². The molecule has 0 aliphatic carbocycles. The molecule has 0 saturated heterocycles. The zero-order valence-corrected chi connectivity index (χ0v) is 20.7. The summed E-state index contributed by atoms with van der Waals surface area (Å²) in [5.74, 6) is 2.99. The van der Waals surface area contributed by atoms with Gasteiger partial charge >= 0.3 is 0 Å². The van der Waals surface area contributed by atoms with E-state index in [1.54, 1.807) is 45.6 Å². The molecule has 186 valence electrons. The second kappa shape index (κ2) is 10.3. The highest BCUT2D eigenvalue weighted by atomic mass is 16.5. The molecule has 0 fully saturated rings. The zero-order chi connectivity index (χ0) is 25.1. The van der Waals surface area contributed by atoms with Gasteiger partial charge in [-0.3, -0.25) is 9.69 Å². The summed E-state index contributed by atoms with van der Waals surface area (Å²) in [7, 11) is 4.69. The van der Waals surface area contributed by atoms with Crippen molar-refractivity contribution in [1.82, 2.24) is 4.90 Å². The molecular formula is C29H29NO6. The molecule has 0 unspecified atom stereocenters. The standard InChI is InChI=1S/C29H29NO6/c1-32-24-16-26(34-3)25(33-2)14-20(24)15-27-28(31)21-11-12-23-22(29(21)36-27)17-30(18-35-23)13-7-10-19-8-5-4-6-9-19/h4-6,8-9,11-12,14-16H,7,10,13,17-18H2,1-3H3/b27-15-. The number of fused-ring (bicyclic) bond motifs is 3. The van der Waals surface area contributed by atoms with Gasteiger partial charge in [0.2, 0.25) is 5.78 Å². The molecule has 0 amide bonds. The van der Waals surface area contributed by atoms with Gasteiger partial charge in [-0.15, -0.1) is 0 Å². The number of benzene rings is 3. The van der Waals surface area contributed by atoms with Gasteiger partial charge in [-0.05, 0) is 42.7 Å². The summed E-state index contributed by atoms with van der Waals surface area (Å²) >= 11 is 0. The third kappa shape index (κ3) is 4.62. The van der Waals surface area contributed by atoms with Gasteiger partial charge in [-0.25, -0.2) is 0 Å². The van der Waals surface area contributed by atoms with Crippen LogP contribution in [0.5, 0.6) is 28.7 Å². The molecule has 36 heavy (non-hydrogen) atoms. The number of carbonyl (C=O) groups excluding carboxylic acids is 1. The molecule has 3 aromatic rings. The van der Waals surface area contributed by atoms with E-state index >= 15 is 0 Å². The maximum Gasteiger partial charge on any atom is 0.231 e. The van der Waals surface area contributed by atoms with Gasteiger partial charge in [0.1, 0.15) is 24.0 Å². The second-order valence-electron chi connectivity index (χ2n) is 8.72. The van der Waals surface area contributed by atoms with Crippen LogP contribution in [0.15, 0.2) is 60.4 Å². The van der Waals surface area contributed by atoms with Gasteiger partial charge in [0, 0.05) is 24.7 Å². The highest BCUT2D eigenvalue weighted by Crippen LogP contribution is 2.43. The van der Waals surface area contributed by atoms with E-state index in [1.807, 2.05) is 12.1 Å². The fourth-order valence-electron chi connectivity index (χ4n) is 4.61. The van der Waals surface area contributed by atoms with Crippen LogP contribution in [0, 0.1) is 0 Å². The van der Waals surface area contributed by atoms with Crippen LogP contribution in [0.25, 0.3) is 6.08 Å². The fraction of sp³-hybridized carbons (Fsp3) is 0.276. The highest BCUT2D eigenvalue weighted by molar-refractivity contribution is 6.15. The Morgan fingerprint density at radius 1 is 0.944 bits per heavy atom. The number of ether oxygens (including phenoxy) is 5. The van der Waals surface area contributed by atoms with E-state index in [4.69, 9.17) is 23.7 Å². The Labute approximate surface area is 210 Å². The second-order valence-corrected chi connectivity index (χ2v) is 8.72. The third-order valence-corrected chi connectivity index (χ3v) is 6.49. The summed E-state index contributed by atoms with van der Waals surface area (Å²) in [6.45, 7) is 2.06. The van der Waals surface area contributed by atoms with Crippen LogP contribution >= 0.6 is 0 Å².